The Kier molecular flexibility index (Phi) is 5.65. The second-order valence-corrected chi connectivity index (χ2v) is 4.63. The van der Waals surface area contributed by atoms with Gasteiger partial charge in [-0.15, -0.1) is 0 Å². The molecule has 0 aliphatic carbocycles. The molecule has 1 amide bonds. The molecule has 0 aliphatic heterocycles. The van der Waals surface area contributed by atoms with Gasteiger partial charge in [0, 0.05) is 19.3 Å². The molecule has 0 spiro atoms. The van der Waals surface area contributed by atoms with Crippen molar-refractivity contribution in [3.05, 3.63) is 29.8 Å². The van der Waals surface area contributed by atoms with Gasteiger partial charge in [-0.25, -0.2) is 0 Å². The van der Waals surface area contributed by atoms with Crippen LogP contribution in [0.2, 0.25) is 0 Å². The van der Waals surface area contributed by atoms with Crippen molar-refractivity contribution in [3.8, 4) is 0 Å². The van der Waals surface area contributed by atoms with Crippen LogP contribution in [0.1, 0.15) is 18.9 Å². The SMILES string of the molecule is CCCNC(CN(C)c1cccc(C)c1)C(N)=O. The summed E-state index contributed by atoms with van der Waals surface area (Å²) in [5, 5.41) is 3.17. The maximum absolute atomic E-state index is 11.4. The maximum Gasteiger partial charge on any atom is 0.236 e. The summed E-state index contributed by atoms with van der Waals surface area (Å²) >= 11 is 0. The van der Waals surface area contributed by atoms with Gasteiger partial charge in [-0.3, -0.25) is 4.79 Å². The van der Waals surface area contributed by atoms with E-state index in [-0.39, 0.29) is 11.9 Å². The van der Waals surface area contributed by atoms with Gasteiger partial charge < -0.3 is 16.0 Å². The number of primary amides is 1. The Morgan fingerprint density at radius 3 is 2.78 bits per heavy atom. The van der Waals surface area contributed by atoms with E-state index in [1.807, 2.05) is 24.1 Å². The standard InChI is InChI=1S/C14H23N3O/c1-4-8-16-13(14(15)18)10-17(3)12-7-5-6-11(2)9-12/h5-7,9,13,16H,4,8,10H2,1-3H3,(H2,15,18). The number of carbonyl (C=O) groups excluding carboxylic acids is 1. The molecule has 0 aromatic heterocycles. The topological polar surface area (TPSA) is 58.4 Å². The molecule has 0 saturated carbocycles. The van der Waals surface area contributed by atoms with Crippen molar-refractivity contribution in [3.63, 3.8) is 0 Å². The van der Waals surface area contributed by atoms with E-state index in [9.17, 15) is 4.79 Å². The quantitative estimate of drug-likeness (QED) is 0.765. The summed E-state index contributed by atoms with van der Waals surface area (Å²) in [6, 6.07) is 7.89. The number of benzene rings is 1. The molecule has 0 fully saturated rings. The van der Waals surface area contributed by atoms with E-state index in [2.05, 4.69) is 31.3 Å². The Morgan fingerprint density at radius 1 is 1.50 bits per heavy atom. The summed E-state index contributed by atoms with van der Waals surface area (Å²) in [4.78, 5) is 13.4. The second-order valence-electron chi connectivity index (χ2n) is 4.63. The first-order valence-corrected chi connectivity index (χ1v) is 6.35. The number of hydrogen-bond acceptors (Lipinski definition) is 3. The Morgan fingerprint density at radius 2 is 2.22 bits per heavy atom. The minimum absolute atomic E-state index is 0.303. The molecule has 100 valence electrons. The highest BCUT2D eigenvalue weighted by molar-refractivity contribution is 5.80. The summed E-state index contributed by atoms with van der Waals surface area (Å²) in [5.74, 6) is -0.303. The minimum atomic E-state index is -0.310. The lowest BCUT2D eigenvalue weighted by Gasteiger charge is -2.25. The van der Waals surface area contributed by atoms with E-state index in [4.69, 9.17) is 5.73 Å². The Bertz CT molecular complexity index is 392. The van der Waals surface area contributed by atoms with E-state index >= 15 is 0 Å². The van der Waals surface area contributed by atoms with Crippen LogP contribution in [-0.4, -0.2) is 32.1 Å². The first kappa shape index (κ1) is 14.5. The summed E-state index contributed by atoms with van der Waals surface area (Å²) in [6.07, 6.45) is 0.984. The van der Waals surface area contributed by atoms with Gasteiger partial charge >= 0.3 is 0 Å². The summed E-state index contributed by atoms with van der Waals surface area (Å²) in [7, 11) is 1.97. The number of hydrogen-bond donors (Lipinski definition) is 2. The second kappa shape index (κ2) is 7.01. The Balaban J connectivity index is 2.65. The number of anilines is 1. The van der Waals surface area contributed by atoms with Gasteiger partial charge in [0.25, 0.3) is 0 Å². The molecular weight excluding hydrogens is 226 g/mol. The molecule has 1 unspecified atom stereocenters. The van der Waals surface area contributed by atoms with Crippen molar-refractivity contribution < 1.29 is 4.79 Å². The number of amides is 1. The first-order chi connectivity index (χ1) is 8.54. The maximum atomic E-state index is 11.4. The molecule has 0 radical (unpaired) electrons. The van der Waals surface area contributed by atoms with Gasteiger partial charge in [-0.05, 0) is 37.6 Å². The fourth-order valence-corrected chi connectivity index (χ4v) is 1.82. The molecule has 1 aromatic rings. The van der Waals surface area contributed by atoms with Crippen LogP contribution in [0.3, 0.4) is 0 Å². The zero-order chi connectivity index (χ0) is 13.5. The van der Waals surface area contributed by atoms with Crippen LogP contribution in [0, 0.1) is 6.92 Å². The van der Waals surface area contributed by atoms with Gasteiger partial charge in [0.15, 0.2) is 0 Å². The van der Waals surface area contributed by atoms with E-state index in [0.29, 0.717) is 6.54 Å². The lowest BCUT2D eigenvalue weighted by Crippen LogP contribution is -2.48. The number of carbonyl (C=O) groups is 1. The highest BCUT2D eigenvalue weighted by Gasteiger charge is 2.16. The van der Waals surface area contributed by atoms with Crippen molar-refractivity contribution >= 4 is 11.6 Å². The van der Waals surface area contributed by atoms with Crippen molar-refractivity contribution in [1.82, 2.24) is 5.32 Å². The molecule has 0 aliphatic rings. The molecule has 3 N–H and O–H groups in total. The third-order valence-electron chi connectivity index (χ3n) is 2.88. The first-order valence-electron chi connectivity index (χ1n) is 6.35. The van der Waals surface area contributed by atoms with Crippen LogP contribution in [0.4, 0.5) is 5.69 Å². The van der Waals surface area contributed by atoms with Crippen molar-refractivity contribution in [2.24, 2.45) is 5.73 Å². The molecule has 4 heteroatoms. The molecular formula is C14H23N3O. The zero-order valence-electron chi connectivity index (χ0n) is 11.4. The van der Waals surface area contributed by atoms with Crippen LogP contribution in [0.5, 0.6) is 0 Å². The van der Waals surface area contributed by atoms with Gasteiger partial charge in [0.05, 0.1) is 0 Å². The van der Waals surface area contributed by atoms with Gasteiger partial charge in [-0.1, -0.05) is 19.1 Å². The number of likely N-dealkylation sites (N-methyl/N-ethyl adjacent to an activating group) is 1. The molecule has 4 nitrogen and oxygen atoms in total. The fourth-order valence-electron chi connectivity index (χ4n) is 1.82. The molecule has 1 atom stereocenters. The molecule has 1 rings (SSSR count). The number of rotatable bonds is 7. The smallest absolute Gasteiger partial charge is 0.236 e. The predicted molar refractivity (Wildman–Crippen MR) is 75.7 cm³/mol. The van der Waals surface area contributed by atoms with Gasteiger partial charge in [0.2, 0.25) is 5.91 Å². The third-order valence-corrected chi connectivity index (χ3v) is 2.88. The normalized spacial score (nSPS) is 12.2. The number of nitrogens with zero attached hydrogens (tertiary/aromatic N) is 1. The van der Waals surface area contributed by atoms with Crippen LogP contribution < -0.4 is 16.0 Å². The van der Waals surface area contributed by atoms with Crippen LogP contribution in [0.15, 0.2) is 24.3 Å². The fraction of sp³-hybridized carbons (Fsp3) is 0.500. The average Bonchev–Trinajstić information content (AvgIpc) is 2.33. The lowest BCUT2D eigenvalue weighted by atomic mass is 10.2. The highest BCUT2D eigenvalue weighted by atomic mass is 16.1. The number of nitrogens with one attached hydrogen (secondary N) is 1. The van der Waals surface area contributed by atoms with Crippen molar-refractivity contribution in [2.75, 3.05) is 25.0 Å². The van der Waals surface area contributed by atoms with Gasteiger partial charge in [-0.2, -0.15) is 0 Å². The monoisotopic (exact) mass is 249 g/mol. The van der Waals surface area contributed by atoms with Crippen molar-refractivity contribution in [1.29, 1.82) is 0 Å². The van der Waals surface area contributed by atoms with Crippen LogP contribution in [0.25, 0.3) is 0 Å². The van der Waals surface area contributed by atoms with E-state index in [0.717, 1.165) is 18.7 Å². The van der Waals surface area contributed by atoms with Gasteiger partial charge in [0.1, 0.15) is 6.04 Å². The zero-order valence-corrected chi connectivity index (χ0v) is 11.4. The molecule has 18 heavy (non-hydrogen) atoms. The summed E-state index contributed by atoms with van der Waals surface area (Å²) in [5.41, 5.74) is 7.71. The van der Waals surface area contributed by atoms with Crippen LogP contribution in [-0.2, 0) is 4.79 Å². The molecule has 0 saturated heterocycles. The van der Waals surface area contributed by atoms with E-state index < -0.39 is 0 Å². The Labute approximate surface area is 109 Å². The van der Waals surface area contributed by atoms with Crippen LogP contribution >= 0.6 is 0 Å². The average molecular weight is 249 g/mol. The van der Waals surface area contributed by atoms with E-state index in [1.165, 1.54) is 5.56 Å². The van der Waals surface area contributed by atoms with Crippen molar-refractivity contribution in [2.45, 2.75) is 26.3 Å². The summed E-state index contributed by atoms with van der Waals surface area (Å²) in [6.45, 7) is 5.50. The third kappa shape index (κ3) is 4.37. The predicted octanol–water partition coefficient (Wildman–Crippen LogP) is 1.28. The largest absolute Gasteiger partial charge is 0.372 e. The summed E-state index contributed by atoms with van der Waals surface area (Å²) < 4.78 is 0. The van der Waals surface area contributed by atoms with E-state index in [1.54, 1.807) is 0 Å². The lowest BCUT2D eigenvalue weighted by molar-refractivity contribution is -0.119. The Hall–Kier alpha value is -1.55. The minimum Gasteiger partial charge on any atom is -0.372 e. The highest BCUT2D eigenvalue weighted by Crippen LogP contribution is 2.14. The molecule has 0 bridgehead atoms. The molecule has 0 heterocycles. The number of nitrogens with two attached hydrogens (primary N) is 1. The number of aryl methyl sites for hydroxylation is 1. The molecule has 1 aromatic carbocycles.